The van der Waals surface area contributed by atoms with E-state index < -0.39 is 17.3 Å². The first-order valence-electron chi connectivity index (χ1n) is 8.33. The molecule has 0 spiro atoms. The third-order valence-corrected chi connectivity index (χ3v) is 4.29. The minimum absolute atomic E-state index is 0.0840. The van der Waals surface area contributed by atoms with Crippen molar-refractivity contribution in [1.82, 2.24) is 24.3 Å². The molecule has 1 aromatic carbocycles. The van der Waals surface area contributed by atoms with Gasteiger partial charge in [-0.3, -0.25) is 14.2 Å². The van der Waals surface area contributed by atoms with Crippen molar-refractivity contribution in [2.75, 3.05) is 7.11 Å². The number of pyridine rings is 1. The highest BCUT2D eigenvalue weighted by atomic mass is 19.1. The Labute approximate surface area is 157 Å². The molecule has 0 aliphatic heterocycles. The summed E-state index contributed by atoms with van der Waals surface area (Å²) in [6.45, 7) is -0.0976. The number of methoxy groups -OCH3 is 1. The molecule has 3 aromatic heterocycles. The van der Waals surface area contributed by atoms with Gasteiger partial charge in [-0.1, -0.05) is 0 Å². The molecule has 142 valence electrons. The third-order valence-electron chi connectivity index (χ3n) is 4.29. The van der Waals surface area contributed by atoms with Crippen molar-refractivity contribution in [3.63, 3.8) is 0 Å². The number of aromatic amines is 1. The van der Waals surface area contributed by atoms with E-state index in [1.165, 1.54) is 28.6 Å². The molecule has 0 saturated heterocycles. The molecule has 0 radical (unpaired) electrons. The zero-order chi connectivity index (χ0) is 19.7. The number of imidazole rings is 1. The van der Waals surface area contributed by atoms with Crippen molar-refractivity contribution in [2.24, 2.45) is 0 Å². The van der Waals surface area contributed by atoms with Gasteiger partial charge in [-0.05, 0) is 30.3 Å². The molecule has 0 atom stereocenters. The molecule has 9 heteroatoms. The largest absolute Gasteiger partial charge is 0.480 e. The second kappa shape index (κ2) is 7.10. The number of benzene rings is 1. The summed E-state index contributed by atoms with van der Waals surface area (Å²) in [6.07, 6.45) is 6.34. The van der Waals surface area contributed by atoms with E-state index in [-0.39, 0.29) is 12.1 Å². The number of halogens is 2. The Hall–Kier alpha value is -3.75. The highest BCUT2D eigenvalue weighted by Gasteiger charge is 2.14. The molecular formula is C19H15F2N5O2. The summed E-state index contributed by atoms with van der Waals surface area (Å²) in [5.74, 6) is -0.474. The predicted octanol–water partition coefficient (Wildman–Crippen LogP) is 2.76. The van der Waals surface area contributed by atoms with Crippen molar-refractivity contribution in [2.45, 2.75) is 6.54 Å². The first-order chi connectivity index (χ1) is 13.6. The number of rotatable bonds is 5. The summed E-state index contributed by atoms with van der Waals surface area (Å²) < 4.78 is 35.2. The Morgan fingerprint density at radius 3 is 2.79 bits per heavy atom. The van der Waals surface area contributed by atoms with Gasteiger partial charge < -0.3 is 4.74 Å². The summed E-state index contributed by atoms with van der Waals surface area (Å²) in [4.78, 5) is 17.1. The third kappa shape index (κ3) is 3.18. The Kier molecular flexibility index (Phi) is 4.48. The van der Waals surface area contributed by atoms with Crippen LogP contribution in [0.5, 0.6) is 5.88 Å². The van der Waals surface area contributed by atoms with E-state index >= 15 is 0 Å². The summed E-state index contributed by atoms with van der Waals surface area (Å²) in [6, 6.07) is 6.57. The fourth-order valence-electron chi connectivity index (χ4n) is 2.89. The van der Waals surface area contributed by atoms with Crippen LogP contribution < -0.4 is 10.4 Å². The van der Waals surface area contributed by atoms with Gasteiger partial charge in [0.25, 0.3) is 0 Å². The van der Waals surface area contributed by atoms with Gasteiger partial charge in [0.1, 0.15) is 17.5 Å². The van der Waals surface area contributed by atoms with Crippen LogP contribution in [0.1, 0.15) is 5.56 Å². The standard InChI is InChI=1S/C19H15F2N5O2/c1-28-18-15(13-9-22-23-10-13)3-5-17(24-18)26-7-6-25(19(26)27)11-12-8-14(20)2-4-16(12)21/h2-10H,11H2,1H3,(H,22,23). The smallest absolute Gasteiger partial charge is 0.334 e. The Balaban J connectivity index is 1.69. The molecule has 0 fully saturated rings. The molecule has 0 bridgehead atoms. The fourth-order valence-corrected chi connectivity index (χ4v) is 2.89. The highest BCUT2D eigenvalue weighted by Crippen LogP contribution is 2.28. The van der Waals surface area contributed by atoms with Crippen LogP contribution in [0.4, 0.5) is 8.78 Å². The van der Waals surface area contributed by atoms with Crippen LogP contribution in [0.15, 0.2) is 59.9 Å². The second-order valence-corrected chi connectivity index (χ2v) is 6.03. The normalized spacial score (nSPS) is 11.0. The first-order valence-corrected chi connectivity index (χ1v) is 8.33. The van der Waals surface area contributed by atoms with Crippen LogP contribution >= 0.6 is 0 Å². The lowest BCUT2D eigenvalue weighted by molar-refractivity contribution is 0.399. The number of aromatic nitrogens is 5. The van der Waals surface area contributed by atoms with E-state index in [1.807, 2.05) is 0 Å². The van der Waals surface area contributed by atoms with E-state index in [0.717, 1.165) is 23.8 Å². The Morgan fingerprint density at radius 1 is 1.18 bits per heavy atom. The van der Waals surface area contributed by atoms with Crippen LogP contribution in [0, 0.1) is 11.6 Å². The lowest BCUT2D eigenvalue weighted by atomic mass is 10.1. The summed E-state index contributed by atoms with van der Waals surface area (Å²) >= 11 is 0. The molecule has 0 saturated carbocycles. The van der Waals surface area contributed by atoms with Crippen molar-refractivity contribution in [1.29, 1.82) is 0 Å². The quantitative estimate of drug-likeness (QED) is 0.575. The van der Waals surface area contributed by atoms with E-state index in [9.17, 15) is 13.6 Å². The van der Waals surface area contributed by atoms with E-state index in [4.69, 9.17) is 4.74 Å². The molecular weight excluding hydrogens is 368 g/mol. The predicted molar refractivity (Wildman–Crippen MR) is 97.4 cm³/mol. The van der Waals surface area contributed by atoms with E-state index in [2.05, 4.69) is 15.2 Å². The van der Waals surface area contributed by atoms with Crippen molar-refractivity contribution >= 4 is 0 Å². The zero-order valence-corrected chi connectivity index (χ0v) is 14.8. The molecule has 1 N–H and O–H groups in total. The van der Waals surface area contributed by atoms with Crippen LogP contribution in [0.3, 0.4) is 0 Å². The van der Waals surface area contributed by atoms with Gasteiger partial charge in [0, 0.05) is 35.3 Å². The average molecular weight is 383 g/mol. The second-order valence-electron chi connectivity index (χ2n) is 6.03. The number of nitrogens with zero attached hydrogens (tertiary/aromatic N) is 4. The minimum atomic E-state index is -0.578. The van der Waals surface area contributed by atoms with Gasteiger partial charge >= 0.3 is 5.69 Å². The summed E-state index contributed by atoms with van der Waals surface area (Å²) in [5, 5.41) is 6.62. The molecule has 7 nitrogen and oxygen atoms in total. The molecule has 28 heavy (non-hydrogen) atoms. The van der Waals surface area contributed by atoms with Gasteiger partial charge in [-0.2, -0.15) is 10.1 Å². The van der Waals surface area contributed by atoms with Crippen LogP contribution in [-0.2, 0) is 6.54 Å². The van der Waals surface area contributed by atoms with E-state index in [1.54, 1.807) is 24.5 Å². The lowest BCUT2D eigenvalue weighted by Gasteiger charge is -2.08. The highest BCUT2D eigenvalue weighted by molar-refractivity contribution is 5.67. The number of ether oxygens (including phenoxy) is 1. The van der Waals surface area contributed by atoms with Gasteiger partial charge in [-0.15, -0.1) is 0 Å². The molecule has 4 rings (SSSR count). The monoisotopic (exact) mass is 383 g/mol. The van der Waals surface area contributed by atoms with Gasteiger partial charge in [-0.25, -0.2) is 13.6 Å². The molecule has 0 unspecified atom stereocenters. The van der Waals surface area contributed by atoms with Crippen molar-refractivity contribution < 1.29 is 13.5 Å². The summed E-state index contributed by atoms with van der Waals surface area (Å²) in [7, 11) is 1.48. The van der Waals surface area contributed by atoms with Gasteiger partial charge in [0.2, 0.25) is 5.88 Å². The van der Waals surface area contributed by atoms with Gasteiger partial charge in [0.15, 0.2) is 0 Å². The lowest BCUT2D eigenvalue weighted by Crippen LogP contribution is -2.24. The number of hydrogen-bond acceptors (Lipinski definition) is 4. The van der Waals surface area contributed by atoms with Gasteiger partial charge in [0.05, 0.1) is 19.9 Å². The first kappa shape index (κ1) is 17.7. The van der Waals surface area contributed by atoms with Crippen LogP contribution in [0.2, 0.25) is 0 Å². The zero-order valence-electron chi connectivity index (χ0n) is 14.8. The molecule has 0 amide bonds. The minimum Gasteiger partial charge on any atom is -0.480 e. The maximum Gasteiger partial charge on any atom is 0.334 e. The fraction of sp³-hybridized carbons (Fsp3) is 0.105. The number of hydrogen-bond donors (Lipinski definition) is 1. The maximum atomic E-state index is 13.9. The SMILES string of the molecule is COc1nc(-n2ccn(Cc3cc(F)ccc3F)c2=O)ccc1-c1cn[nH]c1. The molecule has 4 aromatic rings. The molecule has 3 heterocycles. The van der Waals surface area contributed by atoms with Crippen LogP contribution in [0.25, 0.3) is 16.9 Å². The number of H-pyrrole nitrogens is 1. The summed E-state index contributed by atoms with van der Waals surface area (Å²) in [5.41, 5.74) is 1.16. The molecule has 0 aliphatic carbocycles. The Bertz CT molecular complexity index is 1180. The molecule has 0 aliphatic rings. The average Bonchev–Trinajstić information content (AvgIpc) is 3.35. The Morgan fingerprint density at radius 2 is 2.04 bits per heavy atom. The topological polar surface area (TPSA) is 77.7 Å². The van der Waals surface area contributed by atoms with Crippen molar-refractivity contribution in [3.05, 3.63) is 82.8 Å². The van der Waals surface area contributed by atoms with Crippen molar-refractivity contribution in [3.8, 4) is 22.8 Å². The van der Waals surface area contributed by atoms with Crippen LogP contribution in [-0.4, -0.2) is 31.4 Å². The van der Waals surface area contributed by atoms with E-state index in [0.29, 0.717) is 17.3 Å². The number of nitrogens with one attached hydrogen (secondary N) is 1. The maximum absolute atomic E-state index is 13.9.